The molecule has 0 N–H and O–H groups in total. The Morgan fingerprint density at radius 2 is 2.08 bits per heavy atom. The summed E-state index contributed by atoms with van der Waals surface area (Å²) < 4.78 is 21.8. The lowest BCUT2D eigenvalue weighted by molar-refractivity contribution is 0.0997. The van der Waals surface area contributed by atoms with Gasteiger partial charge in [0.15, 0.2) is 4.80 Å². The van der Waals surface area contributed by atoms with E-state index < -0.39 is 11.7 Å². The summed E-state index contributed by atoms with van der Waals surface area (Å²) >= 11 is 1.43. The third-order valence-electron chi connectivity index (χ3n) is 3.72. The molecule has 1 heterocycles. The molecule has 0 atom stereocenters. The van der Waals surface area contributed by atoms with Crippen molar-refractivity contribution in [3.63, 3.8) is 0 Å². The lowest BCUT2D eigenvalue weighted by Crippen LogP contribution is -2.19. The quantitative estimate of drug-likeness (QED) is 0.727. The number of para-hydroxylation sites is 1. The fourth-order valence-corrected chi connectivity index (χ4v) is 3.44. The number of fused-ring (bicyclic) bond motifs is 1. The monoisotopic (exact) mass is 344 g/mol. The van der Waals surface area contributed by atoms with Crippen molar-refractivity contribution in [3.8, 4) is 0 Å². The molecule has 1 amide bonds. The van der Waals surface area contributed by atoms with E-state index in [2.05, 4.69) is 4.99 Å². The van der Waals surface area contributed by atoms with Crippen LogP contribution in [0.15, 0.2) is 47.5 Å². The van der Waals surface area contributed by atoms with Crippen LogP contribution in [0, 0.1) is 12.7 Å². The summed E-state index contributed by atoms with van der Waals surface area (Å²) in [5.74, 6) is -0.855. The summed E-state index contributed by atoms with van der Waals surface area (Å²) in [6, 6.07) is 12.3. The molecule has 0 radical (unpaired) electrons. The second kappa shape index (κ2) is 7.07. The predicted molar refractivity (Wildman–Crippen MR) is 92.7 cm³/mol. The molecule has 3 aromatic rings. The van der Waals surface area contributed by atoms with E-state index >= 15 is 0 Å². The highest BCUT2D eigenvalue weighted by Gasteiger charge is 2.10. The lowest BCUT2D eigenvalue weighted by atomic mass is 10.1. The van der Waals surface area contributed by atoms with Gasteiger partial charge < -0.3 is 9.30 Å². The molecule has 0 saturated heterocycles. The molecule has 0 aliphatic heterocycles. The second-order valence-electron chi connectivity index (χ2n) is 5.38. The minimum atomic E-state index is -0.452. The molecule has 0 aliphatic carbocycles. The first-order chi connectivity index (χ1) is 11.6. The van der Waals surface area contributed by atoms with Crippen molar-refractivity contribution < 1.29 is 13.9 Å². The fraction of sp³-hybridized carbons (Fsp3) is 0.222. The van der Waals surface area contributed by atoms with E-state index in [1.807, 2.05) is 28.8 Å². The van der Waals surface area contributed by atoms with E-state index in [4.69, 9.17) is 4.74 Å². The Morgan fingerprint density at radius 3 is 2.83 bits per heavy atom. The maximum absolute atomic E-state index is 13.7. The Morgan fingerprint density at radius 1 is 1.29 bits per heavy atom. The average Bonchev–Trinajstić information content (AvgIpc) is 2.92. The molecule has 3 rings (SSSR count). The Kier molecular flexibility index (Phi) is 4.87. The number of ether oxygens (including phenoxy) is 1. The molecule has 0 spiro atoms. The molecule has 6 heteroatoms. The van der Waals surface area contributed by atoms with Gasteiger partial charge in [-0.2, -0.15) is 4.99 Å². The smallest absolute Gasteiger partial charge is 0.279 e. The van der Waals surface area contributed by atoms with E-state index in [9.17, 15) is 9.18 Å². The normalized spacial score (nSPS) is 12.0. The number of methoxy groups -OCH3 is 1. The number of aryl methyl sites for hydroxylation is 1. The van der Waals surface area contributed by atoms with Crippen molar-refractivity contribution >= 4 is 27.5 Å². The van der Waals surface area contributed by atoms with Crippen LogP contribution < -0.4 is 4.80 Å². The molecular formula is C18H17FN2O2S. The zero-order valence-electron chi connectivity index (χ0n) is 13.5. The first-order valence-electron chi connectivity index (χ1n) is 7.52. The highest BCUT2D eigenvalue weighted by Crippen LogP contribution is 2.17. The highest BCUT2D eigenvalue weighted by molar-refractivity contribution is 7.16. The number of halogens is 1. The van der Waals surface area contributed by atoms with E-state index in [-0.39, 0.29) is 5.56 Å². The van der Waals surface area contributed by atoms with Gasteiger partial charge >= 0.3 is 0 Å². The van der Waals surface area contributed by atoms with Gasteiger partial charge in [-0.15, -0.1) is 0 Å². The van der Waals surface area contributed by atoms with Gasteiger partial charge in [0.25, 0.3) is 5.91 Å². The Balaban J connectivity index is 2.08. The zero-order valence-corrected chi connectivity index (χ0v) is 14.3. The van der Waals surface area contributed by atoms with Crippen molar-refractivity contribution in [3.05, 3.63) is 64.2 Å². The van der Waals surface area contributed by atoms with Gasteiger partial charge in [0.05, 0.1) is 16.8 Å². The van der Waals surface area contributed by atoms with Gasteiger partial charge in [0.1, 0.15) is 5.82 Å². The number of carbonyl (C=O) groups is 1. The highest BCUT2D eigenvalue weighted by atomic mass is 32.1. The number of benzene rings is 2. The summed E-state index contributed by atoms with van der Waals surface area (Å²) in [5, 5.41) is 0. The van der Waals surface area contributed by atoms with Gasteiger partial charge in [-0.3, -0.25) is 4.79 Å². The predicted octanol–water partition coefficient (Wildman–Crippen LogP) is 3.54. The maximum Gasteiger partial charge on any atom is 0.279 e. The zero-order chi connectivity index (χ0) is 17.1. The molecule has 1 aromatic heterocycles. The Bertz CT molecular complexity index is 959. The third-order valence-corrected chi connectivity index (χ3v) is 4.78. The van der Waals surface area contributed by atoms with Crippen molar-refractivity contribution in [2.45, 2.75) is 13.5 Å². The van der Waals surface area contributed by atoms with Gasteiger partial charge in [0.2, 0.25) is 0 Å². The summed E-state index contributed by atoms with van der Waals surface area (Å²) in [5.41, 5.74) is 1.75. The van der Waals surface area contributed by atoms with Crippen molar-refractivity contribution in [1.29, 1.82) is 0 Å². The molecule has 2 aromatic carbocycles. The van der Waals surface area contributed by atoms with E-state index in [1.165, 1.54) is 17.4 Å². The van der Waals surface area contributed by atoms with Crippen LogP contribution >= 0.6 is 11.3 Å². The number of hydrogen-bond acceptors (Lipinski definition) is 3. The van der Waals surface area contributed by atoms with E-state index in [0.29, 0.717) is 23.5 Å². The second-order valence-corrected chi connectivity index (χ2v) is 6.39. The molecule has 24 heavy (non-hydrogen) atoms. The van der Waals surface area contributed by atoms with Gasteiger partial charge in [0, 0.05) is 19.2 Å². The standard InChI is InChI=1S/C18H17FN2O2S/c1-12-7-8-13(11-14(12)19)17(22)20-18-21(9-10-23-2)15-5-3-4-6-16(15)24-18/h3-8,11H,9-10H2,1-2H3/b20-18-. The number of aromatic nitrogens is 1. The van der Waals surface area contributed by atoms with Crippen LogP contribution in [0.5, 0.6) is 0 Å². The molecule has 0 unspecified atom stereocenters. The van der Waals surface area contributed by atoms with Crippen molar-refractivity contribution in [2.24, 2.45) is 4.99 Å². The number of nitrogens with zero attached hydrogens (tertiary/aromatic N) is 2. The summed E-state index contributed by atoms with van der Waals surface area (Å²) in [4.78, 5) is 17.2. The fourth-order valence-electron chi connectivity index (χ4n) is 2.38. The summed E-state index contributed by atoms with van der Waals surface area (Å²) in [7, 11) is 1.63. The molecule has 0 fully saturated rings. The first-order valence-corrected chi connectivity index (χ1v) is 8.34. The van der Waals surface area contributed by atoms with Crippen LogP contribution in [0.1, 0.15) is 15.9 Å². The van der Waals surface area contributed by atoms with Crippen LogP contribution in [0.25, 0.3) is 10.2 Å². The average molecular weight is 344 g/mol. The molecular weight excluding hydrogens is 327 g/mol. The maximum atomic E-state index is 13.7. The van der Waals surface area contributed by atoms with Crippen molar-refractivity contribution in [2.75, 3.05) is 13.7 Å². The number of hydrogen-bond donors (Lipinski definition) is 0. The topological polar surface area (TPSA) is 43.6 Å². The molecule has 0 bridgehead atoms. The number of amides is 1. The number of thiazole rings is 1. The molecule has 0 aliphatic rings. The summed E-state index contributed by atoms with van der Waals surface area (Å²) in [6.07, 6.45) is 0. The van der Waals surface area contributed by atoms with Crippen LogP contribution in [-0.2, 0) is 11.3 Å². The Labute approximate surface area is 142 Å². The van der Waals surface area contributed by atoms with Crippen LogP contribution in [-0.4, -0.2) is 24.2 Å². The Hall–Kier alpha value is -2.31. The van der Waals surface area contributed by atoms with E-state index in [1.54, 1.807) is 26.2 Å². The number of carbonyl (C=O) groups excluding carboxylic acids is 1. The van der Waals surface area contributed by atoms with E-state index in [0.717, 1.165) is 10.2 Å². The lowest BCUT2D eigenvalue weighted by Gasteiger charge is -2.04. The van der Waals surface area contributed by atoms with Gasteiger partial charge in [-0.25, -0.2) is 4.39 Å². The molecule has 4 nitrogen and oxygen atoms in total. The minimum absolute atomic E-state index is 0.244. The number of rotatable bonds is 4. The summed E-state index contributed by atoms with van der Waals surface area (Å²) in [6.45, 7) is 2.77. The van der Waals surface area contributed by atoms with Crippen LogP contribution in [0.4, 0.5) is 4.39 Å². The van der Waals surface area contributed by atoms with Gasteiger partial charge in [-0.1, -0.05) is 29.5 Å². The van der Waals surface area contributed by atoms with Crippen LogP contribution in [0.2, 0.25) is 0 Å². The van der Waals surface area contributed by atoms with Gasteiger partial charge in [-0.05, 0) is 36.8 Å². The van der Waals surface area contributed by atoms with Crippen LogP contribution in [0.3, 0.4) is 0 Å². The molecule has 0 saturated carbocycles. The molecule has 124 valence electrons. The largest absolute Gasteiger partial charge is 0.383 e. The third kappa shape index (κ3) is 3.29. The first kappa shape index (κ1) is 16.5. The SMILES string of the molecule is COCCn1/c(=N/C(=O)c2ccc(C)c(F)c2)sc2ccccc21. The minimum Gasteiger partial charge on any atom is -0.383 e. The van der Waals surface area contributed by atoms with Crippen molar-refractivity contribution in [1.82, 2.24) is 4.57 Å².